The zero-order valence-corrected chi connectivity index (χ0v) is 9.75. The molecule has 0 aliphatic rings. The highest BCUT2D eigenvalue weighted by molar-refractivity contribution is 5.22. The highest BCUT2D eigenvalue weighted by Gasteiger charge is 1.94. The Morgan fingerprint density at radius 1 is 1.07 bits per heavy atom. The maximum Gasteiger partial charge on any atom is 0.0590 e. The van der Waals surface area contributed by atoms with Gasteiger partial charge in [-0.05, 0) is 31.0 Å². The molecule has 0 saturated heterocycles. The minimum atomic E-state index is 0.795. The summed E-state index contributed by atoms with van der Waals surface area (Å²) in [5.41, 5.74) is 2.76. The van der Waals surface area contributed by atoms with Crippen LogP contribution in [-0.4, -0.2) is 26.8 Å². The molecule has 1 aromatic rings. The Labute approximate surface area is 92.6 Å². The number of likely N-dealkylation sites (N-methyl/N-ethyl adjacent to an activating group) is 1. The van der Waals surface area contributed by atoms with Crippen molar-refractivity contribution in [3.05, 3.63) is 35.4 Å². The van der Waals surface area contributed by atoms with Crippen molar-refractivity contribution in [1.82, 2.24) is 5.32 Å². The topological polar surface area (TPSA) is 21.3 Å². The Kier molecular flexibility index (Phi) is 6.05. The summed E-state index contributed by atoms with van der Waals surface area (Å²) < 4.78 is 5.47. The van der Waals surface area contributed by atoms with Crippen molar-refractivity contribution >= 4 is 0 Å². The minimum Gasteiger partial charge on any atom is -0.380 e. The Hall–Kier alpha value is -0.860. The van der Waals surface area contributed by atoms with Crippen molar-refractivity contribution < 1.29 is 4.74 Å². The van der Waals surface area contributed by atoms with Crippen LogP contribution >= 0.6 is 0 Å². The summed E-state index contributed by atoms with van der Waals surface area (Å²) in [6.45, 7) is 4.71. The second-order valence-electron chi connectivity index (χ2n) is 3.64. The SMILES string of the molecule is CCc1ccc(CCOCCNC)cc1. The van der Waals surface area contributed by atoms with E-state index in [0.29, 0.717) is 0 Å². The van der Waals surface area contributed by atoms with E-state index in [1.807, 2.05) is 7.05 Å². The summed E-state index contributed by atoms with van der Waals surface area (Å²) in [7, 11) is 1.94. The molecule has 0 bridgehead atoms. The molecule has 1 aromatic carbocycles. The Bertz CT molecular complexity index is 256. The van der Waals surface area contributed by atoms with Crippen molar-refractivity contribution in [2.75, 3.05) is 26.8 Å². The van der Waals surface area contributed by atoms with E-state index in [4.69, 9.17) is 4.74 Å². The fourth-order valence-electron chi connectivity index (χ4n) is 1.41. The highest BCUT2D eigenvalue weighted by Crippen LogP contribution is 2.05. The van der Waals surface area contributed by atoms with Gasteiger partial charge in [0.25, 0.3) is 0 Å². The van der Waals surface area contributed by atoms with Gasteiger partial charge in [-0.2, -0.15) is 0 Å². The fourth-order valence-corrected chi connectivity index (χ4v) is 1.41. The fraction of sp³-hybridized carbons (Fsp3) is 0.538. The lowest BCUT2D eigenvalue weighted by molar-refractivity contribution is 0.140. The zero-order chi connectivity index (χ0) is 10.9. The molecule has 0 saturated carbocycles. The molecule has 0 amide bonds. The number of rotatable bonds is 7. The first-order valence-corrected chi connectivity index (χ1v) is 5.67. The molecule has 2 heteroatoms. The third-order valence-corrected chi connectivity index (χ3v) is 2.46. The van der Waals surface area contributed by atoms with Crippen LogP contribution in [-0.2, 0) is 17.6 Å². The van der Waals surface area contributed by atoms with Crippen LogP contribution in [0.2, 0.25) is 0 Å². The van der Waals surface area contributed by atoms with Gasteiger partial charge in [-0.25, -0.2) is 0 Å². The standard InChI is InChI=1S/C13H21NO/c1-3-12-4-6-13(7-5-12)8-10-15-11-9-14-2/h4-7,14H,3,8-11H2,1-2H3. The normalized spacial score (nSPS) is 10.5. The molecule has 15 heavy (non-hydrogen) atoms. The van der Waals surface area contributed by atoms with E-state index in [1.165, 1.54) is 11.1 Å². The van der Waals surface area contributed by atoms with E-state index in [0.717, 1.165) is 32.6 Å². The summed E-state index contributed by atoms with van der Waals surface area (Å²) in [5, 5.41) is 3.06. The Balaban J connectivity index is 2.20. The number of hydrogen-bond acceptors (Lipinski definition) is 2. The predicted molar refractivity (Wildman–Crippen MR) is 64.3 cm³/mol. The number of benzene rings is 1. The number of ether oxygens (including phenoxy) is 1. The van der Waals surface area contributed by atoms with Gasteiger partial charge in [0.2, 0.25) is 0 Å². The van der Waals surface area contributed by atoms with Crippen molar-refractivity contribution in [2.24, 2.45) is 0 Å². The molecule has 0 atom stereocenters. The van der Waals surface area contributed by atoms with Gasteiger partial charge in [-0.15, -0.1) is 0 Å². The zero-order valence-electron chi connectivity index (χ0n) is 9.75. The predicted octanol–water partition coefficient (Wildman–Crippen LogP) is 2.03. The van der Waals surface area contributed by atoms with Gasteiger partial charge in [0.1, 0.15) is 0 Å². The van der Waals surface area contributed by atoms with Crippen molar-refractivity contribution in [3.63, 3.8) is 0 Å². The second kappa shape index (κ2) is 7.43. The Morgan fingerprint density at radius 3 is 2.33 bits per heavy atom. The number of hydrogen-bond donors (Lipinski definition) is 1. The summed E-state index contributed by atoms with van der Waals surface area (Å²) in [4.78, 5) is 0. The quantitative estimate of drug-likeness (QED) is 0.691. The third-order valence-electron chi connectivity index (χ3n) is 2.46. The first kappa shape index (κ1) is 12.2. The molecular formula is C13H21NO. The van der Waals surface area contributed by atoms with Gasteiger partial charge in [0, 0.05) is 6.54 Å². The van der Waals surface area contributed by atoms with Gasteiger partial charge in [0.05, 0.1) is 13.2 Å². The summed E-state index contributed by atoms with van der Waals surface area (Å²) in [5.74, 6) is 0. The van der Waals surface area contributed by atoms with Gasteiger partial charge >= 0.3 is 0 Å². The molecule has 0 spiro atoms. The molecule has 0 heterocycles. The van der Waals surface area contributed by atoms with Gasteiger partial charge < -0.3 is 10.1 Å². The van der Waals surface area contributed by atoms with Crippen molar-refractivity contribution in [3.8, 4) is 0 Å². The van der Waals surface area contributed by atoms with E-state index in [9.17, 15) is 0 Å². The molecule has 0 fully saturated rings. The highest BCUT2D eigenvalue weighted by atomic mass is 16.5. The van der Waals surface area contributed by atoms with Crippen LogP contribution in [0.15, 0.2) is 24.3 Å². The number of aryl methyl sites for hydroxylation is 1. The lowest BCUT2D eigenvalue weighted by atomic mass is 10.1. The molecule has 0 aliphatic heterocycles. The number of nitrogens with one attached hydrogen (secondary N) is 1. The molecule has 2 nitrogen and oxygen atoms in total. The lowest BCUT2D eigenvalue weighted by Gasteiger charge is -2.04. The van der Waals surface area contributed by atoms with E-state index in [1.54, 1.807) is 0 Å². The Morgan fingerprint density at radius 2 is 1.73 bits per heavy atom. The van der Waals surface area contributed by atoms with Crippen LogP contribution in [0, 0.1) is 0 Å². The average Bonchev–Trinajstić information content (AvgIpc) is 2.30. The third kappa shape index (κ3) is 4.96. The van der Waals surface area contributed by atoms with Crippen molar-refractivity contribution in [1.29, 1.82) is 0 Å². The van der Waals surface area contributed by atoms with Gasteiger partial charge in [-0.3, -0.25) is 0 Å². The van der Waals surface area contributed by atoms with Crippen LogP contribution in [0.25, 0.3) is 0 Å². The van der Waals surface area contributed by atoms with E-state index >= 15 is 0 Å². The van der Waals surface area contributed by atoms with Crippen LogP contribution in [0.3, 0.4) is 0 Å². The monoisotopic (exact) mass is 207 g/mol. The van der Waals surface area contributed by atoms with Gasteiger partial charge in [-0.1, -0.05) is 31.2 Å². The molecular weight excluding hydrogens is 186 g/mol. The van der Waals surface area contributed by atoms with Crippen LogP contribution in [0.5, 0.6) is 0 Å². The summed E-state index contributed by atoms with van der Waals surface area (Å²) >= 11 is 0. The van der Waals surface area contributed by atoms with Crippen LogP contribution in [0.1, 0.15) is 18.1 Å². The maximum atomic E-state index is 5.47. The molecule has 0 aromatic heterocycles. The molecule has 1 N–H and O–H groups in total. The first-order chi connectivity index (χ1) is 7.36. The van der Waals surface area contributed by atoms with Crippen LogP contribution < -0.4 is 5.32 Å². The second-order valence-corrected chi connectivity index (χ2v) is 3.64. The van der Waals surface area contributed by atoms with E-state index < -0.39 is 0 Å². The molecule has 1 rings (SSSR count). The maximum absolute atomic E-state index is 5.47. The van der Waals surface area contributed by atoms with Crippen LogP contribution in [0.4, 0.5) is 0 Å². The minimum absolute atomic E-state index is 0.795. The largest absolute Gasteiger partial charge is 0.380 e. The molecule has 0 radical (unpaired) electrons. The van der Waals surface area contributed by atoms with Gasteiger partial charge in [0.15, 0.2) is 0 Å². The molecule has 0 unspecified atom stereocenters. The summed E-state index contributed by atoms with van der Waals surface area (Å²) in [6.07, 6.45) is 2.12. The van der Waals surface area contributed by atoms with E-state index in [-0.39, 0.29) is 0 Å². The summed E-state index contributed by atoms with van der Waals surface area (Å²) in [6, 6.07) is 8.78. The smallest absolute Gasteiger partial charge is 0.0590 e. The lowest BCUT2D eigenvalue weighted by Crippen LogP contribution is -2.15. The molecule has 84 valence electrons. The average molecular weight is 207 g/mol. The molecule has 0 aliphatic carbocycles. The first-order valence-electron chi connectivity index (χ1n) is 5.67. The van der Waals surface area contributed by atoms with Crippen molar-refractivity contribution in [2.45, 2.75) is 19.8 Å². The van der Waals surface area contributed by atoms with E-state index in [2.05, 4.69) is 36.5 Å².